The number of fused-ring (bicyclic) bond motifs is 3. The zero-order chi connectivity index (χ0) is 22.6. The van der Waals surface area contributed by atoms with Crippen molar-refractivity contribution in [3.63, 3.8) is 0 Å². The van der Waals surface area contributed by atoms with Crippen LogP contribution in [0.5, 0.6) is 0 Å². The average Bonchev–Trinajstić information content (AvgIpc) is 3.42. The van der Waals surface area contributed by atoms with Gasteiger partial charge >= 0.3 is 0 Å². The summed E-state index contributed by atoms with van der Waals surface area (Å²) in [4.78, 5) is 9.77. The number of aromatic nitrogens is 6. The normalized spacial score (nSPS) is 15.5. The topological polar surface area (TPSA) is 86.9 Å². The number of hydrogen-bond donors (Lipinski definition) is 0. The van der Waals surface area contributed by atoms with E-state index in [0.29, 0.717) is 23.2 Å². The van der Waals surface area contributed by atoms with Crippen molar-refractivity contribution in [3.05, 3.63) is 75.7 Å². The monoisotopic (exact) mass is 449 g/mol. The summed E-state index contributed by atoms with van der Waals surface area (Å²) in [6.45, 7) is 8.13. The molecule has 1 aliphatic rings. The van der Waals surface area contributed by atoms with Crippen LogP contribution in [0.2, 0.25) is 5.02 Å². The molecule has 0 saturated heterocycles. The van der Waals surface area contributed by atoms with E-state index in [2.05, 4.69) is 42.6 Å². The molecule has 0 N–H and O–H groups in total. The minimum absolute atomic E-state index is 0.188. The number of halogens is 1. The van der Waals surface area contributed by atoms with Crippen LogP contribution in [-0.2, 0) is 13.5 Å². The van der Waals surface area contributed by atoms with Crippen molar-refractivity contribution in [2.45, 2.75) is 46.1 Å². The molecule has 32 heavy (non-hydrogen) atoms. The number of hydrogen-bond acceptors (Lipinski definition) is 6. The summed E-state index contributed by atoms with van der Waals surface area (Å²) in [6.07, 6.45) is 2.53. The Bertz CT molecular complexity index is 1330. The lowest BCUT2D eigenvalue weighted by Crippen LogP contribution is -2.10. The molecule has 3 aromatic heterocycles. The molecule has 1 aliphatic heterocycles. The standard InChI is InChI=1S/C23H24ClN7O/c1-12(2)22-26-19(32-29-22)10-17-23-28-27-14(4)31(23)18-11-30(5)13(3)20(18)21(25-17)15-6-8-16(24)9-7-15/h6-9,11-12,17H,10H2,1-5H3/t17-/m0/s1. The first-order chi connectivity index (χ1) is 15.3. The first-order valence-electron chi connectivity index (χ1n) is 10.6. The van der Waals surface area contributed by atoms with Gasteiger partial charge in [0, 0.05) is 41.0 Å². The molecular formula is C23H24ClN7O. The smallest absolute Gasteiger partial charge is 0.229 e. The third-order valence-electron chi connectivity index (χ3n) is 5.86. The Morgan fingerprint density at radius 1 is 1.12 bits per heavy atom. The van der Waals surface area contributed by atoms with Crippen LogP contribution >= 0.6 is 11.6 Å². The van der Waals surface area contributed by atoms with Crippen LogP contribution < -0.4 is 0 Å². The molecule has 0 saturated carbocycles. The van der Waals surface area contributed by atoms with Crippen LogP contribution in [0.4, 0.5) is 0 Å². The van der Waals surface area contributed by atoms with Gasteiger partial charge in [-0.1, -0.05) is 42.7 Å². The van der Waals surface area contributed by atoms with Crippen molar-refractivity contribution in [3.8, 4) is 5.69 Å². The molecule has 164 valence electrons. The van der Waals surface area contributed by atoms with E-state index in [4.69, 9.17) is 21.1 Å². The van der Waals surface area contributed by atoms with Crippen LogP contribution in [0, 0.1) is 13.8 Å². The summed E-state index contributed by atoms with van der Waals surface area (Å²) in [5, 5.41) is 13.7. The number of nitrogens with zero attached hydrogens (tertiary/aromatic N) is 7. The molecule has 1 aromatic carbocycles. The minimum Gasteiger partial charge on any atom is -0.352 e. The van der Waals surface area contributed by atoms with E-state index in [-0.39, 0.29) is 12.0 Å². The molecule has 0 aliphatic carbocycles. The molecule has 0 spiro atoms. The lowest BCUT2D eigenvalue weighted by atomic mass is 10.0. The average molecular weight is 450 g/mol. The maximum absolute atomic E-state index is 6.16. The van der Waals surface area contributed by atoms with Gasteiger partial charge in [-0.05, 0) is 26.0 Å². The Labute approximate surface area is 191 Å². The lowest BCUT2D eigenvalue weighted by molar-refractivity contribution is 0.362. The van der Waals surface area contributed by atoms with E-state index < -0.39 is 0 Å². The second-order valence-electron chi connectivity index (χ2n) is 8.43. The van der Waals surface area contributed by atoms with Gasteiger partial charge in [0.25, 0.3) is 0 Å². The molecule has 0 bridgehead atoms. The second-order valence-corrected chi connectivity index (χ2v) is 8.87. The van der Waals surface area contributed by atoms with Gasteiger partial charge in [0.15, 0.2) is 11.6 Å². The largest absolute Gasteiger partial charge is 0.352 e. The van der Waals surface area contributed by atoms with Crippen LogP contribution in [0.1, 0.15) is 66.0 Å². The van der Waals surface area contributed by atoms with Gasteiger partial charge in [0.2, 0.25) is 5.89 Å². The van der Waals surface area contributed by atoms with E-state index in [1.165, 1.54) is 0 Å². The van der Waals surface area contributed by atoms with E-state index in [0.717, 1.165) is 39.9 Å². The number of aryl methyl sites for hydroxylation is 2. The molecule has 5 rings (SSSR count). The van der Waals surface area contributed by atoms with Gasteiger partial charge in [-0.2, -0.15) is 4.98 Å². The van der Waals surface area contributed by atoms with E-state index in [1.807, 2.05) is 52.1 Å². The molecule has 8 nitrogen and oxygen atoms in total. The highest BCUT2D eigenvalue weighted by atomic mass is 35.5. The first kappa shape index (κ1) is 20.6. The Hall–Kier alpha value is -3.26. The van der Waals surface area contributed by atoms with Crippen molar-refractivity contribution >= 4 is 17.3 Å². The van der Waals surface area contributed by atoms with E-state index >= 15 is 0 Å². The highest BCUT2D eigenvalue weighted by molar-refractivity contribution is 6.30. The summed E-state index contributed by atoms with van der Waals surface area (Å²) in [7, 11) is 2.03. The van der Waals surface area contributed by atoms with Gasteiger partial charge in [-0.25, -0.2) is 0 Å². The molecule has 0 unspecified atom stereocenters. The fourth-order valence-corrected chi connectivity index (χ4v) is 4.18. The molecular weight excluding hydrogens is 426 g/mol. The molecule has 4 aromatic rings. The highest BCUT2D eigenvalue weighted by Gasteiger charge is 2.32. The Morgan fingerprint density at radius 3 is 2.56 bits per heavy atom. The second kappa shape index (κ2) is 7.70. The van der Waals surface area contributed by atoms with Crippen LogP contribution in [0.15, 0.2) is 40.0 Å². The predicted molar refractivity (Wildman–Crippen MR) is 122 cm³/mol. The first-order valence-corrected chi connectivity index (χ1v) is 11.0. The van der Waals surface area contributed by atoms with E-state index in [1.54, 1.807) is 0 Å². The maximum atomic E-state index is 6.16. The summed E-state index contributed by atoms with van der Waals surface area (Å²) in [6, 6.07) is 7.43. The highest BCUT2D eigenvalue weighted by Crippen LogP contribution is 2.35. The Morgan fingerprint density at radius 2 is 1.88 bits per heavy atom. The minimum atomic E-state index is -0.334. The quantitative estimate of drug-likeness (QED) is 0.457. The van der Waals surface area contributed by atoms with Crippen molar-refractivity contribution in [2.75, 3.05) is 0 Å². The number of benzene rings is 1. The van der Waals surface area contributed by atoms with Crippen LogP contribution in [0.25, 0.3) is 5.69 Å². The predicted octanol–water partition coefficient (Wildman–Crippen LogP) is 4.52. The summed E-state index contributed by atoms with van der Waals surface area (Å²) < 4.78 is 9.73. The number of rotatable bonds is 4. The third-order valence-corrected chi connectivity index (χ3v) is 6.11. The Kier molecular flexibility index (Phi) is 4.97. The van der Waals surface area contributed by atoms with Crippen molar-refractivity contribution < 1.29 is 4.52 Å². The van der Waals surface area contributed by atoms with Crippen molar-refractivity contribution in [1.82, 2.24) is 29.5 Å². The van der Waals surface area contributed by atoms with Gasteiger partial charge in [-0.15, -0.1) is 10.2 Å². The maximum Gasteiger partial charge on any atom is 0.229 e. The van der Waals surface area contributed by atoms with E-state index in [9.17, 15) is 0 Å². The summed E-state index contributed by atoms with van der Waals surface area (Å²) in [5.41, 5.74) is 5.03. The zero-order valence-corrected chi connectivity index (χ0v) is 19.4. The zero-order valence-electron chi connectivity index (χ0n) is 18.7. The van der Waals surface area contributed by atoms with Gasteiger partial charge in [-0.3, -0.25) is 9.56 Å². The molecule has 0 fully saturated rings. The molecule has 4 heterocycles. The van der Waals surface area contributed by atoms with Crippen molar-refractivity contribution in [1.29, 1.82) is 0 Å². The summed E-state index contributed by atoms with van der Waals surface area (Å²) in [5.74, 6) is 2.97. The lowest BCUT2D eigenvalue weighted by Gasteiger charge is -2.11. The van der Waals surface area contributed by atoms with Crippen LogP contribution in [-0.4, -0.2) is 35.2 Å². The van der Waals surface area contributed by atoms with Crippen LogP contribution in [0.3, 0.4) is 0 Å². The Balaban J connectivity index is 1.71. The molecule has 9 heteroatoms. The fraction of sp³-hybridized carbons (Fsp3) is 0.348. The molecule has 1 atom stereocenters. The number of aliphatic imine (C=N–C) groups is 1. The van der Waals surface area contributed by atoms with Gasteiger partial charge in [0.05, 0.1) is 17.8 Å². The van der Waals surface area contributed by atoms with Gasteiger partial charge < -0.3 is 9.09 Å². The van der Waals surface area contributed by atoms with Gasteiger partial charge in [0.1, 0.15) is 11.9 Å². The SMILES string of the molecule is Cc1c2c(cn1C)-n1c(C)nnc1[C@H](Cc1nc(C(C)C)no1)N=C2c1ccc(Cl)cc1. The molecule has 0 amide bonds. The summed E-state index contributed by atoms with van der Waals surface area (Å²) >= 11 is 6.16. The molecule has 0 radical (unpaired) electrons. The third kappa shape index (κ3) is 3.35. The fourth-order valence-electron chi connectivity index (χ4n) is 4.05. The van der Waals surface area contributed by atoms with Crippen molar-refractivity contribution in [2.24, 2.45) is 12.0 Å².